The molecule has 4 rings (SSSR count). The van der Waals surface area contributed by atoms with Crippen molar-refractivity contribution in [3.8, 4) is 5.75 Å². The second-order valence-electron chi connectivity index (χ2n) is 6.60. The maximum Gasteiger partial charge on any atom is 0.329 e. The molecule has 0 fully saturated rings. The van der Waals surface area contributed by atoms with Crippen LogP contribution >= 0.6 is 0 Å². The van der Waals surface area contributed by atoms with Gasteiger partial charge in [-0.3, -0.25) is 0 Å². The van der Waals surface area contributed by atoms with Gasteiger partial charge in [0.2, 0.25) is 5.95 Å². The van der Waals surface area contributed by atoms with Crippen molar-refractivity contribution in [1.29, 1.82) is 0 Å². The van der Waals surface area contributed by atoms with Gasteiger partial charge in [0, 0.05) is 12.3 Å². The van der Waals surface area contributed by atoms with E-state index in [0.717, 1.165) is 16.9 Å². The molecule has 7 heteroatoms. The summed E-state index contributed by atoms with van der Waals surface area (Å²) in [6.07, 6.45) is 1.32. The molecule has 27 heavy (non-hydrogen) atoms. The number of carboxylic acids is 1. The second-order valence-corrected chi connectivity index (χ2v) is 6.60. The quantitative estimate of drug-likeness (QED) is 0.721. The molecule has 3 aromatic rings. The van der Waals surface area contributed by atoms with E-state index in [-0.39, 0.29) is 11.9 Å². The number of hydrogen-bond acceptors (Lipinski definition) is 5. The van der Waals surface area contributed by atoms with Gasteiger partial charge in [0.25, 0.3) is 0 Å². The smallest absolute Gasteiger partial charge is 0.329 e. The van der Waals surface area contributed by atoms with Crippen molar-refractivity contribution in [1.82, 2.24) is 14.8 Å². The third kappa shape index (κ3) is 3.48. The molecule has 1 aliphatic rings. The van der Waals surface area contributed by atoms with Crippen molar-refractivity contribution >= 4 is 11.9 Å². The van der Waals surface area contributed by atoms with Crippen molar-refractivity contribution in [2.75, 3.05) is 5.73 Å². The van der Waals surface area contributed by atoms with Crippen LogP contribution in [0.4, 0.5) is 5.95 Å². The first-order chi connectivity index (χ1) is 13.1. The zero-order valence-electron chi connectivity index (χ0n) is 14.7. The van der Waals surface area contributed by atoms with E-state index >= 15 is 0 Å². The molecule has 7 nitrogen and oxygen atoms in total. The molecule has 2 unspecified atom stereocenters. The zero-order chi connectivity index (χ0) is 18.8. The number of hydrogen-bond donors (Lipinski definition) is 2. The summed E-state index contributed by atoms with van der Waals surface area (Å²) in [4.78, 5) is 16.0. The molecule has 0 amide bonds. The number of carboxylic acid groups (broad SMARTS) is 1. The van der Waals surface area contributed by atoms with Gasteiger partial charge in [-0.2, -0.15) is 4.98 Å². The molecule has 2 aromatic carbocycles. The first-order valence-electron chi connectivity index (χ1n) is 8.82. The normalized spacial score (nSPS) is 18.7. The standard InChI is InChI=1S/C20H20N4O3/c21-20-22-17-11-10-16(18(19(25)26)24(17)23-20)14-6-8-15(9-7-14)27-12-13-4-2-1-3-5-13/h1-9,16,18H,10-12H2,(H2,21,23)(H,25,26). The van der Waals surface area contributed by atoms with E-state index in [4.69, 9.17) is 10.5 Å². The second kappa shape index (κ2) is 7.11. The number of anilines is 1. The number of fused-ring (bicyclic) bond motifs is 1. The number of ether oxygens (including phenoxy) is 1. The Morgan fingerprint density at radius 1 is 1.19 bits per heavy atom. The first-order valence-corrected chi connectivity index (χ1v) is 8.82. The summed E-state index contributed by atoms with van der Waals surface area (Å²) in [6.45, 7) is 0.489. The van der Waals surface area contributed by atoms with Crippen molar-refractivity contribution in [2.24, 2.45) is 0 Å². The summed E-state index contributed by atoms with van der Waals surface area (Å²) in [5.74, 6) is 0.353. The largest absolute Gasteiger partial charge is 0.489 e. The molecule has 0 saturated carbocycles. The Morgan fingerprint density at radius 3 is 2.63 bits per heavy atom. The number of nitrogen functional groups attached to an aromatic ring is 1. The van der Waals surface area contributed by atoms with Crippen LogP contribution in [0.25, 0.3) is 0 Å². The maximum absolute atomic E-state index is 11.9. The van der Waals surface area contributed by atoms with E-state index in [2.05, 4.69) is 10.1 Å². The lowest BCUT2D eigenvalue weighted by atomic mass is 9.85. The van der Waals surface area contributed by atoms with Gasteiger partial charge >= 0.3 is 5.97 Å². The van der Waals surface area contributed by atoms with E-state index in [1.54, 1.807) is 0 Å². The molecule has 3 N–H and O–H groups in total. The summed E-state index contributed by atoms with van der Waals surface area (Å²) in [5, 5.41) is 13.8. The predicted octanol–water partition coefficient (Wildman–Crippen LogP) is 2.80. The summed E-state index contributed by atoms with van der Waals surface area (Å²) in [5.41, 5.74) is 7.69. The van der Waals surface area contributed by atoms with E-state index in [9.17, 15) is 9.90 Å². The fraction of sp³-hybridized carbons (Fsp3) is 0.250. The number of carbonyl (C=O) groups is 1. The van der Waals surface area contributed by atoms with Gasteiger partial charge in [-0.1, -0.05) is 42.5 Å². The van der Waals surface area contributed by atoms with Gasteiger partial charge in [-0.15, -0.1) is 5.10 Å². The van der Waals surface area contributed by atoms with Crippen LogP contribution in [0.2, 0.25) is 0 Å². The summed E-state index contributed by atoms with van der Waals surface area (Å²) in [6, 6.07) is 16.7. The van der Waals surface area contributed by atoms with Crippen LogP contribution in [-0.4, -0.2) is 25.8 Å². The minimum atomic E-state index is -0.935. The molecule has 0 bridgehead atoms. The van der Waals surface area contributed by atoms with E-state index in [1.165, 1.54) is 4.68 Å². The molecule has 138 valence electrons. The van der Waals surface area contributed by atoms with Crippen molar-refractivity contribution in [3.05, 3.63) is 71.5 Å². The van der Waals surface area contributed by atoms with Crippen LogP contribution in [-0.2, 0) is 17.8 Å². The highest BCUT2D eigenvalue weighted by molar-refractivity contribution is 5.73. The molecule has 0 spiro atoms. The van der Waals surface area contributed by atoms with Crippen LogP contribution in [0.5, 0.6) is 5.75 Å². The maximum atomic E-state index is 11.9. The Labute approximate surface area is 156 Å². The average molecular weight is 364 g/mol. The Hall–Kier alpha value is -3.35. The van der Waals surface area contributed by atoms with Gasteiger partial charge in [0.15, 0.2) is 6.04 Å². The number of aryl methyl sites for hydroxylation is 1. The Balaban J connectivity index is 1.52. The molecule has 0 saturated heterocycles. The molecule has 0 aliphatic carbocycles. The van der Waals surface area contributed by atoms with Crippen LogP contribution in [0.3, 0.4) is 0 Å². The number of nitrogens with two attached hydrogens (primary N) is 1. The van der Waals surface area contributed by atoms with Crippen LogP contribution in [0.1, 0.15) is 35.3 Å². The van der Waals surface area contributed by atoms with Gasteiger partial charge in [-0.25, -0.2) is 9.48 Å². The summed E-state index contributed by atoms with van der Waals surface area (Å²) < 4.78 is 7.26. The SMILES string of the molecule is Nc1nc2n(n1)C(C(=O)O)C(c1ccc(OCc3ccccc3)cc1)CC2. The lowest BCUT2D eigenvalue weighted by molar-refractivity contribution is -0.142. The topological polar surface area (TPSA) is 103 Å². The molecular weight excluding hydrogens is 344 g/mol. The minimum Gasteiger partial charge on any atom is -0.489 e. The highest BCUT2D eigenvalue weighted by Gasteiger charge is 2.37. The summed E-state index contributed by atoms with van der Waals surface area (Å²) in [7, 11) is 0. The third-order valence-corrected chi connectivity index (χ3v) is 4.85. The molecule has 2 heterocycles. The highest BCUT2D eigenvalue weighted by atomic mass is 16.5. The molecule has 2 atom stereocenters. The van der Waals surface area contributed by atoms with E-state index in [0.29, 0.717) is 25.3 Å². The van der Waals surface area contributed by atoms with Gasteiger partial charge in [0.1, 0.15) is 18.2 Å². The molecule has 1 aliphatic heterocycles. The zero-order valence-corrected chi connectivity index (χ0v) is 14.7. The number of aromatic nitrogens is 3. The Kier molecular flexibility index (Phi) is 4.50. The fourth-order valence-corrected chi connectivity index (χ4v) is 3.56. The lowest BCUT2D eigenvalue weighted by Crippen LogP contribution is -2.32. The Morgan fingerprint density at radius 2 is 1.93 bits per heavy atom. The number of rotatable bonds is 5. The van der Waals surface area contributed by atoms with Crippen molar-refractivity contribution in [3.63, 3.8) is 0 Å². The van der Waals surface area contributed by atoms with Crippen molar-refractivity contribution < 1.29 is 14.6 Å². The minimum absolute atomic E-state index is 0.113. The Bertz CT molecular complexity index is 938. The molecule has 0 radical (unpaired) electrons. The fourth-order valence-electron chi connectivity index (χ4n) is 3.56. The average Bonchev–Trinajstić information content (AvgIpc) is 3.06. The molecular formula is C20H20N4O3. The number of aliphatic carboxylic acids is 1. The van der Waals surface area contributed by atoms with E-state index < -0.39 is 12.0 Å². The highest BCUT2D eigenvalue weighted by Crippen LogP contribution is 2.38. The number of benzene rings is 2. The third-order valence-electron chi connectivity index (χ3n) is 4.85. The van der Waals surface area contributed by atoms with Crippen LogP contribution in [0, 0.1) is 0 Å². The monoisotopic (exact) mass is 364 g/mol. The van der Waals surface area contributed by atoms with E-state index in [1.807, 2.05) is 54.6 Å². The lowest BCUT2D eigenvalue weighted by Gasteiger charge is -2.29. The number of nitrogens with zero attached hydrogens (tertiary/aromatic N) is 3. The van der Waals surface area contributed by atoms with Crippen LogP contribution < -0.4 is 10.5 Å². The molecule has 1 aromatic heterocycles. The van der Waals surface area contributed by atoms with Crippen LogP contribution in [0.15, 0.2) is 54.6 Å². The van der Waals surface area contributed by atoms with Gasteiger partial charge in [-0.05, 0) is 29.7 Å². The van der Waals surface area contributed by atoms with Gasteiger partial charge in [0.05, 0.1) is 0 Å². The predicted molar refractivity (Wildman–Crippen MR) is 99.4 cm³/mol. The van der Waals surface area contributed by atoms with Crippen molar-refractivity contribution in [2.45, 2.75) is 31.4 Å². The first kappa shape index (κ1) is 17.1. The van der Waals surface area contributed by atoms with Gasteiger partial charge < -0.3 is 15.6 Å². The summed E-state index contributed by atoms with van der Waals surface area (Å²) >= 11 is 0.